The van der Waals surface area contributed by atoms with E-state index in [1.54, 1.807) is 6.07 Å². The lowest BCUT2D eigenvalue weighted by molar-refractivity contribution is 0.0390. The van der Waals surface area contributed by atoms with E-state index in [4.69, 9.17) is 5.14 Å². The highest BCUT2D eigenvalue weighted by molar-refractivity contribution is 7.89. The molecule has 126 valence electrons. The number of rotatable bonds is 2. The zero-order chi connectivity index (χ0) is 16.6. The minimum atomic E-state index is -3.80. The number of fused-ring (bicyclic) bond motifs is 1. The van der Waals surface area contributed by atoms with Gasteiger partial charge in [-0.3, -0.25) is 4.79 Å². The number of aryl methyl sites for hydroxylation is 1. The van der Waals surface area contributed by atoms with E-state index in [0.717, 1.165) is 24.9 Å². The molecule has 6 heteroatoms. The van der Waals surface area contributed by atoms with Gasteiger partial charge >= 0.3 is 0 Å². The van der Waals surface area contributed by atoms with Crippen molar-refractivity contribution in [2.45, 2.75) is 56.4 Å². The molecule has 23 heavy (non-hydrogen) atoms. The minimum Gasteiger partial charge on any atom is -0.335 e. The van der Waals surface area contributed by atoms with Gasteiger partial charge in [0.2, 0.25) is 10.0 Å². The Morgan fingerprint density at radius 1 is 1.17 bits per heavy atom. The maximum Gasteiger partial charge on any atom is 0.254 e. The van der Waals surface area contributed by atoms with E-state index in [-0.39, 0.29) is 10.8 Å². The molecule has 3 rings (SSSR count). The molecule has 1 aromatic carbocycles. The smallest absolute Gasteiger partial charge is 0.254 e. The van der Waals surface area contributed by atoms with Crippen molar-refractivity contribution in [3.8, 4) is 0 Å². The number of amides is 1. The molecular formula is C17H24N2O3S. The van der Waals surface area contributed by atoms with E-state index in [1.165, 1.54) is 37.8 Å². The van der Waals surface area contributed by atoms with Crippen molar-refractivity contribution < 1.29 is 13.2 Å². The van der Waals surface area contributed by atoms with Crippen LogP contribution in [0.2, 0.25) is 0 Å². The lowest BCUT2D eigenvalue weighted by atomic mass is 9.78. The molecule has 0 unspecified atom stereocenters. The van der Waals surface area contributed by atoms with E-state index in [0.29, 0.717) is 17.5 Å². The molecule has 2 aliphatic rings. The van der Waals surface area contributed by atoms with Crippen LogP contribution in [0, 0.1) is 12.8 Å². The molecule has 2 atom stereocenters. The predicted molar refractivity (Wildman–Crippen MR) is 88.6 cm³/mol. The number of carbonyl (C=O) groups is 1. The first-order valence-electron chi connectivity index (χ1n) is 8.32. The summed E-state index contributed by atoms with van der Waals surface area (Å²) in [6, 6.07) is 4.86. The van der Waals surface area contributed by atoms with Crippen molar-refractivity contribution in [3.63, 3.8) is 0 Å². The summed E-state index contributed by atoms with van der Waals surface area (Å²) in [5.74, 6) is 0.549. The van der Waals surface area contributed by atoms with Gasteiger partial charge in [-0.2, -0.15) is 0 Å². The van der Waals surface area contributed by atoms with Gasteiger partial charge in [0, 0.05) is 18.2 Å². The molecule has 1 aliphatic heterocycles. The van der Waals surface area contributed by atoms with Crippen LogP contribution in [0.1, 0.15) is 54.4 Å². The summed E-state index contributed by atoms with van der Waals surface area (Å²) in [5.41, 5.74) is 1.25. The maximum absolute atomic E-state index is 13.0. The number of sulfonamides is 1. The number of hydrogen-bond acceptors (Lipinski definition) is 3. The van der Waals surface area contributed by atoms with Crippen molar-refractivity contribution in [1.82, 2.24) is 4.90 Å². The second kappa shape index (κ2) is 6.24. The first-order valence-corrected chi connectivity index (χ1v) is 9.87. The van der Waals surface area contributed by atoms with Gasteiger partial charge in [-0.25, -0.2) is 13.6 Å². The molecule has 0 bridgehead atoms. The van der Waals surface area contributed by atoms with Gasteiger partial charge in [-0.1, -0.05) is 18.9 Å². The molecule has 0 radical (unpaired) electrons. The lowest BCUT2D eigenvalue weighted by Crippen LogP contribution is -2.49. The van der Waals surface area contributed by atoms with E-state index in [2.05, 4.69) is 0 Å². The summed E-state index contributed by atoms with van der Waals surface area (Å²) in [6.45, 7) is 2.60. The Labute approximate surface area is 137 Å². The molecule has 0 aromatic heterocycles. The molecule has 1 saturated carbocycles. The average Bonchev–Trinajstić information content (AvgIpc) is 2.53. The van der Waals surface area contributed by atoms with Crippen LogP contribution in [0.5, 0.6) is 0 Å². The van der Waals surface area contributed by atoms with Crippen LogP contribution in [0.15, 0.2) is 23.1 Å². The van der Waals surface area contributed by atoms with Gasteiger partial charge < -0.3 is 4.90 Å². The number of piperidine rings is 1. The number of nitrogens with two attached hydrogens (primary N) is 1. The Balaban J connectivity index is 1.93. The quantitative estimate of drug-likeness (QED) is 0.900. The normalized spacial score (nSPS) is 25.0. The third kappa shape index (κ3) is 3.28. The zero-order valence-corrected chi connectivity index (χ0v) is 14.3. The summed E-state index contributed by atoms with van der Waals surface area (Å²) in [6.07, 6.45) is 6.91. The fourth-order valence-electron chi connectivity index (χ4n) is 4.04. The molecule has 1 amide bonds. The Morgan fingerprint density at radius 2 is 1.87 bits per heavy atom. The number of nitrogens with zero attached hydrogens (tertiary/aromatic N) is 1. The zero-order valence-electron chi connectivity index (χ0n) is 13.5. The molecule has 1 heterocycles. The fraction of sp³-hybridized carbons (Fsp3) is 0.588. The van der Waals surface area contributed by atoms with Gasteiger partial charge in [-0.15, -0.1) is 0 Å². The largest absolute Gasteiger partial charge is 0.335 e. The number of primary sulfonamides is 1. The van der Waals surface area contributed by atoms with Crippen LogP contribution in [-0.2, 0) is 10.0 Å². The topological polar surface area (TPSA) is 80.5 Å². The lowest BCUT2D eigenvalue weighted by Gasteiger charge is -2.44. The Bertz CT molecular complexity index is 713. The molecular weight excluding hydrogens is 312 g/mol. The van der Waals surface area contributed by atoms with Crippen molar-refractivity contribution in [3.05, 3.63) is 29.3 Å². The van der Waals surface area contributed by atoms with Gasteiger partial charge in [0.05, 0.1) is 4.90 Å². The van der Waals surface area contributed by atoms with E-state index in [1.807, 2.05) is 11.8 Å². The number of likely N-dealkylation sites (tertiary alicyclic amines) is 1. The Morgan fingerprint density at radius 3 is 2.61 bits per heavy atom. The first kappa shape index (κ1) is 16.5. The van der Waals surface area contributed by atoms with Gasteiger partial charge in [0.1, 0.15) is 0 Å². The highest BCUT2D eigenvalue weighted by Gasteiger charge is 2.36. The van der Waals surface area contributed by atoms with Gasteiger partial charge in [-0.05, 0) is 56.2 Å². The van der Waals surface area contributed by atoms with Gasteiger partial charge in [0.15, 0.2) is 0 Å². The molecule has 2 N–H and O–H groups in total. The van der Waals surface area contributed by atoms with E-state index >= 15 is 0 Å². The summed E-state index contributed by atoms with van der Waals surface area (Å²) in [4.78, 5) is 15.0. The summed E-state index contributed by atoms with van der Waals surface area (Å²) >= 11 is 0. The van der Waals surface area contributed by atoms with Crippen LogP contribution in [0.3, 0.4) is 0 Å². The van der Waals surface area contributed by atoms with Crippen LogP contribution in [0.4, 0.5) is 0 Å². The van der Waals surface area contributed by atoms with Crippen LogP contribution >= 0.6 is 0 Å². The maximum atomic E-state index is 13.0. The van der Waals surface area contributed by atoms with E-state index < -0.39 is 10.0 Å². The number of benzene rings is 1. The van der Waals surface area contributed by atoms with Crippen LogP contribution in [0.25, 0.3) is 0 Å². The average molecular weight is 336 g/mol. The highest BCUT2D eigenvalue weighted by atomic mass is 32.2. The third-order valence-corrected chi connectivity index (χ3v) is 6.18. The molecule has 5 nitrogen and oxygen atoms in total. The Hall–Kier alpha value is -1.40. The van der Waals surface area contributed by atoms with Crippen molar-refractivity contribution in [2.24, 2.45) is 11.1 Å². The minimum absolute atomic E-state index is 0.00338. The van der Waals surface area contributed by atoms with E-state index in [9.17, 15) is 13.2 Å². The van der Waals surface area contributed by atoms with Crippen LogP contribution in [-0.4, -0.2) is 31.8 Å². The molecule has 2 fully saturated rings. The SMILES string of the molecule is Cc1ccc(S(N)(=O)=O)cc1C(=O)N1CCC[C@H]2CCCC[C@@H]21. The first-order chi connectivity index (χ1) is 10.9. The standard InChI is InChI=1S/C17H24N2O3S/c1-12-8-9-14(23(18,21)22)11-15(12)17(20)19-10-4-6-13-5-2-3-7-16(13)19/h8-9,11,13,16H,2-7,10H2,1H3,(H2,18,21,22)/t13-,16+/m1/s1. The van der Waals surface area contributed by atoms with Crippen LogP contribution < -0.4 is 5.14 Å². The predicted octanol–water partition coefficient (Wildman–Crippen LogP) is 2.44. The summed E-state index contributed by atoms with van der Waals surface area (Å²) < 4.78 is 23.2. The van der Waals surface area contributed by atoms with Gasteiger partial charge in [0.25, 0.3) is 5.91 Å². The van der Waals surface area contributed by atoms with Crippen molar-refractivity contribution in [2.75, 3.05) is 6.54 Å². The number of carbonyl (C=O) groups excluding carboxylic acids is 1. The molecule has 1 saturated heterocycles. The third-order valence-electron chi connectivity index (χ3n) is 5.27. The molecule has 0 spiro atoms. The molecule has 1 aromatic rings. The number of hydrogen-bond donors (Lipinski definition) is 1. The second-order valence-electron chi connectivity index (χ2n) is 6.77. The molecule has 1 aliphatic carbocycles. The van der Waals surface area contributed by atoms with Crippen molar-refractivity contribution >= 4 is 15.9 Å². The Kier molecular flexibility index (Phi) is 4.47. The monoisotopic (exact) mass is 336 g/mol. The highest BCUT2D eigenvalue weighted by Crippen LogP contribution is 2.36. The van der Waals surface area contributed by atoms with Crippen molar-refractivity contribution in [1.29, 1.82) is 0 Å². The fourth-order valence-corrected chi connectivity index (χ4v) is 4.58. The second-order valence-corrected chi connectivity index (χ2v) is 8.34. The summed E-state index contributed by atoms with van der Waals surface area (Å²) in [5, 5.41) is 5.21. The summed E-state index contributed by atoms with van der Waals surface area (Å²) in [7, 11) is -3.80.